The maximum Gasteiger partial charge on any atom is 0.251 e. The van der Waals surface area contributed by atoms with E-state index in [1.54, 1.807) is 24.3 Å². The average molecular weight is 437 g/mol. The van der Waals surface area contributed by atoms with Crippen LogP contribution in [-0.2, 0) is 11.4 Å². The van der Waals surface area contributed by atoms with Crippen molar-refractivity contribution < 1.29 is 23.6 Å². The van der Waals surface area contributed by atoms with Crippen LogP contribution < -0.4 is 20.1 Å². The SMILES string of the molecule is COc1cc(C(=O)NC(C)c2cccc(NC(C)=O)c2)ccc1OCc1c(C)noc1C. The molecule has 1 atom stereocenters. The van der Waals surface area contributed by atoms with E-state index in [0.717, 1.165) is 16.8 Å². The lowest BCUT2D eigenvalue weighted by Gasteiger charge is -2.17. The summed E-state index contributed by atoms with van der Waals surface area (Å²) < 4.78 is 16.5. The van der Waals surface area contributed by atoms with Gasteiger partial charge in [0.2, 0.25) is 5.91 Å². The van der Waals surface area contributed by atoms with E-state index in [1.807, 2.05) is 39.0 Å². The summed E-state index contributed by atoms with van der Waals surface area (Å²) in [5, 5.41) is 9.63. The smallest absolute Gasteiger partial charge is 0.251 e. The Hall–Kier alpha value is -3.81. The number of nitrogens with one attached hydrogen (secondary N) is 2. The number of ether oxygens (including phenoxy) is 2. The fourth-order valence-electron chi connectivity index (χ4n) is 3.24. The molecule has 3 aromatic rings. The molecule has 3 rings (SSSR count). The van der Waals surface area contributed by atoms with Crippen molar-refractivity contribution in [2.24, 2.45) is 0 Å². The molecule has 1 heterocycles. The fourth-order valence-corrected chi connectivity index (χ4v) is 3.24. The van der Waals surface area contributed by atoms with Crippen molar-refractivity contribution in [1.82, 2.24) is 10.5 Å². The number of benzene rings is 2. The molecule has 0 fully saturated rings. The lowest BCUT2D eigenvalue weighted by Crippen LogP contribution is -2.26. The molecule has 2 N–H and O–H groups in total. The van der Waals surface area contributed by atoms with E-state index in [0.29, 0.717) is 28.5 Å². The van der Waals surface area contributed by atoms with Gasteiger partial charge in [0.25, 0.3) is 5.91 Å². The first-order valence-corrected chi connectivity index (χ1v) is 10.2. The second-order valence-electron chi connectivity index (χ2n) is 7.46. The largest absolute Gasteiger partial charge is 0.493 e. The predicted octanol–water partition coefficient (Wildman–Crippen LogP) is 4.33. The number of carbonyl (C=O) groups excluding carboxylic acids is 2. The minimum atomic E-state index is -0.266. The first kappa shape index (κ1) is 22.9. The zero-order valence-corrected chi connectivity index (χ0v) is 18.8. The minimum absolute atomic E-state index is 0.150. The summed E-state index contributed by atoms with van der Waals surface area (Å²) in [7, 11) is 1.52. The second-order valence-corrected chi connectivity index (χ2v) is 7.46. The van der Waals surface area contributed by atoms with E-state index >= 15 is 0 Å². The molecule has 8 heteroatoms. The molecular weight excluding hydrogens is 410 g/mol. The van der Waals surface area contributed by atoms with Crippen LogP contribution in [0, 0.1) is 13.8 Å². The maximum atomic E-state index is 12.8. The molecule has 2 aromatic carbocycles. The summed E-state index contributed by atoms with van der Waals surface area (Å²) in [6.07, 6.45) is 0. The Morgan fingerprint density at radius 3 is 2.56 bits per heavy atom. The van der Waals surface area contributed by atoms with E-state index in [9.17, 15) is 9.59 Å². The van der Waals surface area contributed by atoms with Crippen LogP contribution in [0.15, 0.2) is 47.0 Å². The molecule has 0 saturated heterocycles. The molecule has 32 heavy (non-hydrogen) atoms. The Balaban J connectivity index is 1.69. The number of rotatable bonds is 8. The Bertz CT molecular complexity index is 1100. The maximum absolute atomic E-state index is 12.8. The second kappa shape index (κ2) is 10.00. The van der Waals surface area contributed by atoms with Gasteiger partial charge in [-0.3, -0.25) is 9.59 Å². The summed E-state index contributed by atoms with van der Waals surface area (Å²) in [4.78, 5) is 24.1. The predicted molar refractivity (Wildman–Crippen MR) is 120 cm³/mol. The van der Waals surface area contributed by atoms with Crippen LogP contribution in [0.5, 0.6) is 11.5 Å². The van der Waals surface area contributed by atoms with Gasteiger partial charge in [0, 0.05) is 18.2 Å². The molecule has 1 aromatic heterocycles. The monoisotopic (exact) mass is 437 g/mol. The normalized spacial score (nSPS) is 11.5. The van der Waals surface area contributed by atoms with Crippen molar-refractivity contribution in [3.8, 4) is 11.5 Å². The minimum Gasteiger partial charge on any atom is -0.493 e. The van der Waals surface area contributed by atoms with Gasteiger partial charge < -0.3 is 24.6 Å². The van der Waals surface area contributed by atoms with E-state index < -0.39 is 0 Å². The first-order valence-electron chi connectivity index (χ1n) is 10.2. The summed E-state index contributed by atoms with van der Waals surface area (Å²) in [5.41, 5.74) is 3.64. The third-order valence-electron chi connectivity index (χ3n) is 5.03. The summed E-state index contributed by atoms with van der Waals surface area (Å²) in [5.74, 6) is 1.26. The number of carbonyl (C=O) groups is 2. The number of nitrogens with zero attached hydrogens (tertiary/aromatic N) is 1. The van der Waals surface area contributed by atoms with Gasteiger partial charge >= 0.3 is 0 Å². The Morgan fingerprint density at radius 1 is 1.12 bits per heavy atom. The van der Waals surface area contributed by atoms with E-state index in [1.165, 1.54) is 14.0 Å². The highest BCUT2D eigenvalue weighted by Crippen LogP contribution is 2.30. The van der Waals surface area contributed by atoms with Gasteiger partial charge in [-0.15, -0.1) is 0 Å². The Kier molecular flexibility index (Phi) is 7.14. The van der Waals surface area contributed by atoms with Gasteiger partial charge in [0.15, 0.2) is 11.5 Å². The van der Waals surface area contributed by atoms with Crippen LogP contribution in [0.1, 0.15) is 52.8 Å². The molecule has 8 nitrogen and oxygen atoms in total. The standard InChI is InChI=1S/C24H27N3O5/c1-14(18-7-6-8-20(11-18)26-17(4)28)25-24(29)19-9-10-22(23(12-19)30-5)31-13-21-15(2)27-32-16(21)3/h6-12,14H,13H2,1-5H3,(H,25,29)(H,26,28). The van der Waals surface area contributed by atoms with Crippen molar-refractivity contribution >= 4 is 17.5 Å². The average Bonchev–Trinajstić information content (AvgIpc) is 3.09. The van der Waals surface area contributed by atoms with Crippen molar-refractivity contribution in [2.45, 2.75) is 40.3 Å². The third-order valence-corrected chi connectivity index (χ3v) is 5.03. The molecule has 0 aliphatic rings. The van der Waals surface area contributed by atoms with Gasteiger partial charge in [-0.25, -0.2) is 0 Å². The van der Waals surface area contributed by atoms with Crippen LogP contribution in [0.2, 0.25) is 0 Å². The van der Waals surface area contributed by atoms with Crippen molar-refractivity contribution in [2.75, 3.05) is 12.4 Å². The molecule has 168 valence electrons. The quantitative estimate of drug-likeness (QED) is 0.544. The van der Waals surface area contributed by atoms with Crippen LogP contribution >= 0.6 is 0 Å². The molecule has 0 bridgehead atoms. The van der Waals surface area contributed by atoms with Crippen molar-refractivity contribution in [1.29, 1.82) is 0 Å². The summed E-state index contributed by atoms with van der Waals surface area (Å²) in [6, 6.07) is 12.1. The number of anilines is 1. The van der Waals surface area contributed by atoms with E-state index in [4.69, 9.17) is 14.0 Å². The van der Waals surface area contributed by atoms with Crippen LogP contribution in [0.3, 0.4) is 0 Å². The number of aromatic nitrogens is 1. The zero-order chi connectivity index (χ0) is 23.3. The number of aryl methyl sites for hydroxylation is 2. The zero-order valence-electron chi connectivity index (χ0n) is 18.8. The number of methoxy groups -OCH3 is 1. The van der Waals surface area contributed by atoms with Crippen LogP contribution in [0.4, 0.5) is 5.69 Å². The summed E-state index contributed by atoms with van der Waals surface area (Å²) in [6.45, 7) is 7.30. The molecule has 0 spiro atoms. The molecule has 0 radical (unpaired) electrons. The highest BCUT2D eigenvalue weighted by molar-refractivity contribution is 5.95. The van der Waals surface area contributed by atoms with Gasteiger partial charge in [-0.05, 0) is 56.7 Å². The number of hydrogen-bond donors (Lipinski definition) is 2. The van der Waals surface area contributed by atoms with E-state index in [-0.39, 0.29) is 24.5 Å². The van der Waals surface area contributed by atoms with Crippen LogP contribution in [0.25, 0.3) is 0 Å². The molecule has 2 amide bonds. The molecule has 1 unspecified atom stereocenters. The molecular formula is C24H27N3O5. The van der Waals surface area contributed by atoms with Gasteiger partial charge in [-0.2, -0.15) is 0 Å². The first-order chi connectivity index (χ1) is 15.3. The summed E-state index contributed by atoms with van der Waals surface area (Å²) >= 11 is 0. The van der Waals surface area contributed by atoms with E-state index in [2.05, 4.69) is 15.8 Å². The number of amides is 2. The van der Waals surface area contributed by atoms with Gasteiger partial charge in [0.1, 0.15) is 12.4 Å². The topological polar surface area (TPSA) is 103 Å². The highest BCUT2D eigenvalue weighted by Gasteiger charge is 2.16. The van der Waals surface area contributed by atoms with Gasteiger partial charge in [-0.1, -0.05) is 17.3 Å². The molecule has 0 saturated carbocycles. The highest BCUT2D eigenvalue weighted by atomic mass is 16.5. The van der Waals surface area contributed by atoms with Crippen LogP contribution in [-0.4, -0.2) is 24.1 Å². The molecule has 0 aliphatic heterocycles. The fraction of sp³-hybridized carbons (Fsp3) is 0.292. The number of hydrogen-bond acceptors (Lipinski definition) is 6. The lowest BCUT2D eigenvalue weighted by atomic mass is 10.1. The molecule has 0 aliphatic carbocycles. The third kappa shape index (κ3) is 5.46. The van der Waals surface area contributed by atoms with Gasteiger partial charge in [0.05, 0.1) is 24.4 Å². The van der Waals surface area contributed by atoms with Crippen molar-refractivity contribution in [3.63, 3.8) is 0 Å². The lowest BCUT2D eigenvalue weighted by molar-refractivity contribution is -0.114. The Morgan fingerprint density at radius 2 is 1.91 bits per heavy atom. The Labute approximate surface area is 186 Å². The van der Waals surface area contributed by atoms with Crippen molar-refractivity contribution in [3.05, 3.63) is 70.6 Å².